The van der Waals surface area contributed by atoms with Crippen LogP contribution in [0.25, 0.3) is 11.3 Å². The maximum absolute atomic E-state index is 13.0. The Morgan fingerprint density at radius 1 is 1.09 bits per heavy atom. The van der Waals surface area contributed by atoms with E-state index in [1.807, 2.05) is 0 Å². The zero-order chi connectivity index (χ0) is 16.4. The Balaban J connectivity index is 1.91. The summed E-state index contributed by atoms with van der Waals surface area (Å²) in [6, 6.07) is 10.8. The molecule has 0 amide bonds. The molecular weight excluding hydrogens is 315 g/mol. The van der Waals surface area contributed by atoms with E-state index in [1.165, 1.54) is 22.5 Å². The number of sulfonamides is 1. The fourth-order valence-corrected chi connectivity index (χ4v) is 4.12. The van der Waals surface area contributed by atoms with Crippen molar-refractivity contribution in [1.29, 1.82) is 0 Å². The summed E-state index contributed by atoms with van der Waals surface area (Å²) in [5, 5.41) is 0.0499. The van der Waals surface area contributed by atoms with Gasteiger partial charge in [0.1, 0.15) is 5.82 Å². The normalized spacial score (nSPS) is 17.3. The molecular formula is C17H19FN2O2S. The van der Waals surface area contributed by atoms with E-state index in [-0.39, 0.29) is 10.8 Å². The predicted molar refractivity (Wildman–Crippen MR) is 86.8 cm³/mol. The SMILES string of the molecule is CC1CCN(S(=O)(=O)c2cccc(-c3ccc(F)cc3)n2)CC1. The summed E-state index contributed by atoms with van der Waals surface area (Å²) < 4.78 is 40.0. The molecule has 6 heteroatoms. The highest BCUT2D eigenvalue weighted by Crippen LogP contribution is 2.24. The molecule has 2 heterocycles. The first kappa shape index (κ1) is 16.1. The third-order valence-corrected chi connectivity index (χ3v) is 6.01. The van der Waals surface area contributed by atoms with Gasteiger partial charge in [0.2, 0.25) is 0 Å². The minimum atomic E-state index is -3.58. The van der Waals surface area contributed by atoms with E-state index in [1.54, 1.807) is 24.3 Å². The monoisotopic (exact) mass is 334 g/mol. The van der Waals surface area contributed by atoms with E-state index in [0.717, 1.165) is 12.8 Å². The average molecular weight is 334 g/mol. The lowest BCUT2D eigenvalue weighted by Crippen LogP contribution is -2.38. The predicted octanol–water partition coefficient (Wildman–Crippen LogP) is 3.31. The molecule has 3 rings (SSSR count). The summed E-state index contributed by atoms with van der Waals surface area (Å²) in [4.78, 5) is 4.29. The number of hydrogen-bond acceptors (Lipinski definition) is 3. The van der Waals surface area contributed by atoms with Crippen LogP contribution in [0.2, 0.25) is 0 Å². The Morgan fingerprint density at radius 3 is 2.39 bits per heavy atom. The van der Waals surface area contributed by atoms with Crippen molar-refractivity contribution in [2.45, 2.75) is 24.8 Å². The summed E-state index contributed by atoms with van der Waals surface area (Å²) in [5.74, 6) is 0.222. The van der Waals surface area contributed by atoms with Crippen LogP contribution in [0.15, 0.2) is 47.5 Å². The molecule has 0 radical (unpaired) electrons. The second-order valence-electron chi connectivity index (χ2n) is 5.95. The molecule has 23 heavy (non-hydrogen) atoms. The zero-order valence-corrected chi connectivity index (χ0v) is 13.8. The molecule has 1 aliphatic heterocycles. The Labute approximate surface area is 136 Å². The van der Waals surface area contributed by atoms with Crippen molar-refractivity contribution in [2.24, 2.45) is 5.92 Å². The number of nitrogens with zero attached hydrogens (tertiary/aromatic N) is 2. The maximum Gasteiger partial charge on any atom is 0.260 e. The molecule has 2 aromatic rings. The molecule has 1 aromatic carbocycles. The van der Waals surface area contributed by atoms with Gasteiger partial charge in [0.25, 0.3) is 10.0 Å². The molecule has 122 valence electrons. The second-order valence-corrected chi connectivity index (χ2v) is 7.84. The first-order valence-corrected chi connectivity index (χ1v) is 9.14. The van der Waals surface area contributed by atoms with Gasteiger partial charge < -0.3 is 0 Å². The summed E-state index contributed by atoms with van der Waals surface area (Å²) in [6.07, 6.45) is 1.74. The van der Waals surface area contributed by atoms with E-state index in [4.69, 9.17) is 0 Å². The largest absolute Gasteiger partial charge is 0.260 e. The maximum atomic E-state index is 13.0. The van der Waals surface area contributed by atoms with Crippen molar-refractivity contribution < 1.29 is 12.8 Å². The van der Waals surface area contributed by atoms with Crippen LogP contribution in [0, 0.1) is 11.7 Å². The molecule has 4 nitrogen and oxygen atoms in total. The smallest absolute Gasteiger partial charge is 0.235 e. The minimum Gasteiger partial charge on any atom is -0.235 e. The van der Waals surface area contributed by atoms with Crippen LogP contribution in [0.5, 0.6) is 0 Å². The van der Waals surface area contributed by atoms with Crippen LogP contribution in [0.4, 0.5) is 4.39 Å². The molecule has 0 spiro atoms. The fourth-order valence-electron chi connectivity index (χ4n) is 2.70. The van der Waals surface area contributed by atoms with Gasteiger partial charge in [-0.2, -0.15) is 4.31 Å². The zero-order valence-electron chi connectivity index (χ0n) is 12.9. The van der Waals surface area contributed by atoms with Gasteiger partial charge in [-0.1, -0.05) is 13.0 Å². The van der Waals surface area contributed by atoms with Crippen LogP contribution in [0.1, 0.15) is 19.8 Å². The highest BCUT2D eigenvalue weighted by Gasteiger charge is 2.29. The van der Waals surface area contributed by atoms with Crippen molar-refractivity contribution in [1.82, 2.24) is 9.29 Å². The van der Waals surface area contributed by atoms with E-state index in [2.05, 4.69) is 11.9 Å². The summed E-state index contributed by atoms with van der Waals surface area (Å²) in [7, 11) is -3.58. The molecule has 1 saturated heterocycles. The van der Waals surface area contributed by atoms with Gasteiger partial charge >= 0.3 is 0 Å². The Kier molecular flexibility index (Phi) is 4.46. The Bertz CT molecular complexity index is 782. The van der Waals surface area contributed by atoms with Gasteiger partial charge in [-0.05, 0) is 55.2 Å². The first-order chi connectivity index (χ1) is 11.0. The van der Waals surface area contributed by atoms with Gasteiger partial charge in [0.15, 0.2) is 5.03 Å². The highest BCUT2D eigenvalue weighted by molar-refractivity contribution is 7.89. The third kappa shape index (κ3) is 3.43. The highest BCUT2D eigenvalue weighted by atomic mass is 32.2. The second kappa shape index (κ2) is 6.37. The molecule has 1 aliphatic rings. The van der Waals surface area contributed by atoms with Crippen molar-refractivity contribution >= 4 is 10.0 Å². The summed E-state index contributed by atoms with van der Waals surface area (Å²) in [5.41, 5.74) is 1.21. The third-order valence-electron chi connectivity index (χ3n) is 4.21. The van der Waals surface area contributed by atoms with Gasteiger partial charge in [-0.25, -0.2) is 17.8 Å². The van der Waals surface area contributed by atoms with Crippen LogP contribution in [-0.4, -0.2) is 30.8 Å². The summed E-state index contributed by atoms with van der Waals surface area (Å²) in [6.45, 7) is 3.20. The standard InChI is InChI=1S/C17H19FN2O2S/c1-13-9-11-20(12-10-13)23(21,22)17-4-2-3-16(19-17)14-5-7-15(18)8-6-14/h2-8,13H,9-12H2,1H3. The average Bonchev–Trinajstić information content (AvgIpc) is 2.56. The number of benzene rings is 1. The van der Waals surface area contributed by atoms with Gasteiger partial charge in [-0.15, -0.1) is 0 Å². The molecule has 0 atom stereocenters. The quantitative estimate of drug-likeness (QED) is 0.865. The van der Waals surface area contributed by atoms with Gasteiger partial charge in [0, 0.05) is 18.7 Å². The Morgan fingerprint density at radius 2 is 1.74 bits per heavy atom. The first-order valence-electron chi connectivity index (χ1n) is 7.70. The van der Waals surface area contributed by atoms with Gasteiger partial charge in [0.05, 0.1) is 5.69 Å². The molecule has 1 fully saturated rings. The number of hydrogen-bond donors (Lipinski definition) is 0. The molecule has 1 aromatic heterocycles. The fraction of sp³-hybridized carbons (Fsp3) is 0.353. The molecule has 0 aliphatic carbocycles. The van der Waals surface area contributed by atoms with Crippen LogP contribution in [-0.2, 0) is 10.0 Å². The van der Waals surface area contributed by atoms with Crippen molar-refractivity contribution in [2.75, 3.05) is 13.1 Å². The molecule has 0 N–H and O–H groups in total. The van der Waals surface area contributed by atoms with E-state index in [0.29, 0.717) is 30.3 Å². The van der Waals surface area contributed by atoms with Crippen LogP contribution >= 0.6 is 0 Å². The lowest BCUT2D eigenvalue weighted by Gasteiger charge is -2.29. The Hall–Kier alpha value is -1.79. The molecule has 0 unspecified atom stereocenters. The number of halogens is 1. The van der Waals surface area contributed by atoms with Crippen molar-refractivity contribution in [3.8, 4) is 11.3 Å². The van der Waals surface area contributed by atoms with Gasteiger partial charge in [-0.3, -0.25) is 0 Å². The van der Waals surface area contributed by atoms with E-state index >= 15 is 0 Å². The number of aromatic nitrogens is 1. The topological polar surface area (TPSA) is 50.3 Å². The van der Waals surface area contributed by atoms with Crippen LogP contribution in [0.3, 0.4) is 0 Å². The lowest BCUT2D eigenvalue weighted by molar-refractivity contribution is 0.287. The number of pyridine rings is 1. The molecule has 0 bridgehead atoms. The molecule has 0 saturated carbocycles. The number of piperidine rings is 1. The minimum absolute atomic E-state index is 0.0499. The lowest BCUT2D eigenvalue weighted by atomic mass is 10.0. The van der Waals surface area contributed by atoms with E-state index in [9.17, 15) is 12.8 Å². The van der Waals surface area contributed by atoms with E-state index < -0.39 is 10.0 Å². The summed E-state index contributed by atoms with van der Waals surface area (Å²) >= 11 is 0. The number of rotatable bonds is 3. The van der Waals surface area contributed by atoms with Crippen molar-refractivity contribution in [3.63, 3.8) is 0 Å². The van der Waals surface area contributed by atoms with Crippen molar-refractivity contribution in [3.05, 3.63) is 48.3 Å². The van der Waals surface area contributed by atoms with Crippen LogP contribution < -0.4 is 0 Å².